The Morgan fingerprint density at radius 3 is 2.84 bits per heavy atom. The highest BCUT2D eigenvalue weighted by Crippen LogP contribution is 2.37. The second-order valence-electron chi connectivity index (χ2n) is 7.51. The number of carboxylic acids is 1. The average Bonchev–Trinajstić information content (AvgIpc) is 3.38. The molecule has 0 radical (unpaired) electrons. The standard InChI is InChI=1S/C23H20ClN3O3S/c1-30-15-5-2-13(3-6-15)22-26-19-8-9-27(12-20(19)31-22)21(23(28)29)17-11-25-18-7-4-14(24)10-16(17)18/h2-7,10-11,21,25H,8-9,12H2,1H3,(H,28,29)/t21-/m1/s1. The van der Waals surface area contributed by atoms with E-state index in [1.807, 2.05) is 41.3 Å². The third-order valence-corrected chi connectivity index (χ3v) is 7.03. The second kappa shape index (κ2) is 8.00. The Balaban J connectivity index is 1.46. The quantitative estimate of drug-likeness (QED) is 0.437. The molecule has 2 aromatic carbocycles. The summed E-state index contributed by atoms with van der Waals surface area (Å²) in [6.07, 6.45) is 2.50. The molecule has 0 saturated heterocycles. The molecule has 158 valence electrons. The van der Waals surface area contributed by atoms with Crippen LogP contribution >= 0.6 is 22.9 Å². The van der Waals surface area contributed by atoms with Gasteiger partial charge in [0.2, 0.25) is 0 Å². The summed E-state index contributed by atoms with van der Waals surface area (Å²) < 4.78 is 5.23. The van der Waals surface area contributed by atoms with Gasteiger partial charge in [-0.05, 0) is 42.5 Å². The minimum absolute atomic E-state index is 0.549. The van der Waals surface area contributed by atoms with E-state index >= 15 is 0 Å². The van der Waals surface area contributed by atoms with Gasteiger partial charge in [-0.15, -0.1) is 11.3 Å². The molecule has 8 heteroatoms. The lowest BCUT2D eigenvalue weighted by Gasteiger charge is -2.31. The van der Waals surface area contributed by atoms with E-state index in [1.165, 1.54) is 0 Å². The highest BCUT2D eigenvalue weighted by molar-refractivity contribution is 7.15. The molecule has 2 N–H and O–H groups in total. The molecule has 2 aromatic heterocycles. The van der Waals surface area contributed by atoms with Crippen LogP contribution in [0.5, 0.6) is 5.75 Å². The number of nitrogens with one attached hydrogen (secondary N) is 1. The van der Waals surface area contributed by atoms with Crippen LogP contribution in [0.25, 0.3) is 21.5 Å². The molecule has 1 aliphatic rings. The first-order valence-corrected chi connectivity index (χ1v) is 11.1. The Bertz CT molecular complexity index is 1270. The number of carboxylic acid groups (broad SMARTS) is 1. The topological polar surface area (TPSA) is 78.4 Å². The molecule has 1 atom stereocenters. The van der Waals surface area contributed by atoms with Crippen LogP contribution in [0.2, 0.25) is 5.02 Å². The number of hydrogen-bond donors (Lipinski definition) is 2. The lowest BCUT2D eigenvalue weighted by Crippen LogP contribution is -2.37. The normalized spacial score (nSPS) is 15.0. The monoisotopic (exact) mass is 453 g/mol. The molecular formula is C23H20ClN3O3S. The molecule has 4 aromatic rings. The summed E-state index contributed by atoms with van der Waals surface area (Å²) in [5.74, 6) is -0.0661. The van der Waals surface area contributed by atoms with Crippen molar-refractivity contribution in [3.05, 3.63) is 69.8 Å². The fraction of sp³-hybridized carbons (Fsp3) is 0.217. The van der Waals surface area contributed by atoms with Crippen molar-refractivity contribution in [2.24, 2.45) is 0 Å². The minimum atomic E-state index is -0.871. The SMILES string of the molecule is COc1ccc(-c2nc3c(s2)CN([C@@H](C(=O)O)c2c[nH]c4ccc(Cl)cc24)CC3)cc1. The van der Waals surface area contributed by atoms with E-state index in [9.17, 15) is 9.90 Å². The van der Waals surface area contributed by atoms with Crippen molar-refractivity contribution < 1.29 is 14.6 Å². The molecule has 0 amide bonds. The van der Waals surface area contributed by atoms with Gasteiger partial charge in [-0.25, -0.2) is 4.98 Å². The summed E-state index contributed by atoms with van der Waals surface area (Å²) in [4.78, 5) is 23.4. The minimum Gasteiger partial charge on any atom is -0.497 e. The van der Waals surface area contributed by atoms with Crippen LogP contribution in [-0.4, -0.2) is 39.6 Å². The number of aromatic nitrogens is 2. The maximum absolute atomic E-state index is 12.3. The smallest absolute Gasteiger partial charge is 0.325 e. The number of benzene rings is 2. The van der Waals surface area contributed by atoms with Gasteiger partial charge in [0.15, 0.2) is 0 Å². The number of halogens is 1. The number of nitrogens with zero attached hydrogens (tertiary/aromatic N) is 2. The number of methoxy groups -OCH3 is 1. The number of carbonyl (C=O) groups is 1. The Morgan fingerprint density at radius 1 is 1.29 bits per heavy atom. The fourth-order valence-corrected chi connectivity index (χ4v) is 5.43. The molecule has 0 fully saturated rings. The Labute approximate surface area is 188 Å². The van der Waals surface area contributed by atoms with Crippen LogP contribution in [0.3, 0.4) is 0 Å². The average molecular weight is 454 g/mol. The molecular weight excluding hydrogens is 434 g/mol. The van der Waals surface area contributed by atoms with Crippen molar-refractivity contribution in [2.45, 2.75) is 19.0 Å². The lowest BCUT2D eigenvalue weighted by molar-refractivity contribution is -0.144. The number of ether oxygens (including phenoxy) is 1. The zero-order valence-corrected chi connectivity index (χ0v) is 18.3. The predicted octanol–water partition coefficient (Wildman–Crippen LogP) is 5.14. The number of hydrogen-bond acceptors (Lipinski definition) is 5. The third-order valence-electron chi connectivity index (χ3n) is 5.67. The predicted molar refractivity (Wildman–Crippen MR) is 122 cm³/mol. The highest BCUT2D eigenvalue weighted by Gasteiger charge is 2.33. The van der Waals surface area contributed by atoms with Gasteiger partial charge in [0.05, 0.1) is 12.8 Å². The molecule has 31 heavy (non-hydrogen) atoms. The van der Waals surface area contributed by atoms with Crippen molar-refractivity contribution in [1.29, 1.82) is 0 Å². The molecule has 0 saturated carbocycles. The summed E-state index contributed by atoms with van der Waals surface area (Å²) in [5.41, 5.74) is 3.70. The van der Waals surface area contributed by atoms with E-state index in [0.717, 1.165) is 49.8 Å². The summed E-state index contributed by atoms with van der Waals surface area (Å²) in [6, 6.07) is 12.6. The molecule has 0 bridgehead atoms. The number of rotatable bonds is 5. The highest BCUT2D eigenvalue weighted by atomic mass is 35.5. The van der Waals surface area contributed by atoms with Crippen LogP contribution in [-0.2, 0) is 17.8 Å². The first kappa shape index (κ1) is 20.1. The van der Waals surface area contributed by atoms with Crippen molar-refractivity contribution in [3.63, 3.8) is 0 Å². The van der Waals surface area contributed by atoms with Crippen LogP contribution < -0.4 is 4.74 Å². The van der Waals surface area contributed by atoms with Crippen molar-refractivity contribution in [3.8, 4) is 16.3 Å². The van der Waals surface area contributed by atoms with Gasteiger partial charge in [0.1, 0.15) is 16.8 Å². The third kappa shape index (κ3) is 3.69. The van der Waals surface area contributed by atoms with E-state index in [2.05, 4.69) is 4.98 Å². The molecule has 0 spiro atoms. The van der Waals surface area contributed by atoms with E-state index in [0.29, 0.717) is 18.1 Å². The van der Waals surface area contributed by atoms with Crippen LogP contribution in [0.1, 0.15) is 22.2 Å². The van der Waals surface area contributed by atoms with Crippen molar-refractivity contribution in [1.82, 2.24) is 14.9 Å². The van der Waals surface area contributed by atoms with E-state index < -0.39 is 12.0 Å². The molecule has 3 heterocycles. The van der Waals surface area contributed by atoms with Crippen LogP contribution in [0.15, 0.2) is 48.7 Å². The molecule has 0 aliphatic carbocycles. The second-order valence-corrected chi connectivity index (χ2v) is 9.03. The number of fused-ring (bicyclic) bond motifs is 2. The van der Waals surface area contributed by atoms with Gasteiger partial charge >= 0.3 is 5.97 Å². The molecule has 0 unspecified atom stereocenters. The van der Waals surface area contributed by atoms with Gasteiger partial charge in [0, 0.05) is 57.6 Å². The summed E-state index contributed by atoms with van der Waals surface area (Å²) in [5, 5.41) is 12.5. The molecule has 6 nitrogen and oxygen atoms in total. The maximum atomic E-state index is 12.3. The summed E-state index contributed by atoms with van der Waals surface area (Å²) >= 11 is 7.80. The first-order valence-electron chi connectivity index (χ1n) is 9.90. The fourth-order valence-electron chi connectivity index (χ4n) is 4.12. The number of aliphatic carboxylic acids is 1. The van der Waals surface area contributed by atoms with Crippen molar-refractivity contribution >= 4 is 39.8 Å². The summed E-state index contributed by atoms with van der Waals surface area (Å²) in [7, 11) is 1.65. The zero-order valence-electron chi connectivity index (χ0n) is 16.8. The largest absolute Gasteiger partial charge is 0.497 e. The number of aromatic amines is 1. The van der Waals surface area contributed by atoms with E-state index in [-0.39, 0.29) is 0 Å². The van der Waals surface area contributed by atoms with Gasteiger partial charge in [0.25, 0.3) is 0 Å². The molecule has 5 rings (SSSR count). The number of thiazole rings is 1. The Morgan fingerprint density at radius 2 is 2.10 bits per heavy atom. The van der Waals surface area contributed by atoms with E-state index in [1.54, 1.807) is 30.7 Å². The van der Waals surface area contributed by atoms with Crippen LogP contribution in [0.4, 0.5) is 0 Å². The number of H-pyrrole nitrogens is 1. The Hall–Kier alpha value is -2.87. The van der Waals surface area contributed by atoms with Crippen LogP contribution in [0, 0.1) is 0 Å². The first-order chi connectivity index (χ1) is 15.0. The lowest BCUT2D eigenvalue weighted by atomic mass is 10.0. The summed E-state index contributed by atoms with van der Waals surface area (Å²) in [6.45, 7) is 1.18. The van der Waals surface area contributed by atoms with E-state index in [4.69, 9.17) is 21.3 Å². The zero-order chi connectivity index (χ0) is 21.5. The van der Waals surface area contributed by atoms with Gasteiger partial charge in [-0.3, -0.25) is 9.69 Å². The molecule has 1 aliphatic heterocycles. The maximum Gasteiger partial charge on any atom is 0.325 e. The van der Waals surface area contributed by atoms with Crippen molar-refractivity contribution in [2.75, 3.05) is 13.7 Å². The van der Waals surface area contributed by atoms with Gasteiger partial charge < -0.3 is 14.8 Å². The van der Waals surface area contributed by atoms with Gasteiger partial charge in [-0.2, -0.15) is 0 Å². The van der Waals surface area contributed by atoms with Gasteiger partial charge in [-0.1, -0.05) is 11.6 Å². The Kier molecular flexibility index (Phi) is 5.17.